The number of aryl methyl sites for hydroxylation is 1. The Bertz CT molecular complexity index is 854. The average Bonchev–Trinajstić information content (AvgIpc) is 3.33. The van der Waals surface area contributed by atoms with Crippen molar-refractivity contribution < 1.29 is 4.79 Å². The normalized spacial score (nSPS) is 17.6. The van der Waals surface area contributed by atoms with Gasteiger partial charge < -0.3 is 9.47 Å². The summed E-state index contributed by atoms with van der Waals surface area (Å²) in [5, 5.41) is 13.9. The summed E-state index contributed by atoms with van der Waals surface area (Å²) in [7, 11) is 0. The molecule has 1 aromatic carbocycles. The van der Waals surface area contributed by atoms with Crippen LogP contribution in [0.25, 0.3) is 11.4 Å². The van der Waals surface area contributed by atoms with Gasteiger partial charge in [0.25, 0.3) is 5.91 Å². The van der Waals surface area contributed by atoms with Crippen LogP contribution in [-0.4, -0.2) is 54.1 Å². The van der Waals surface area contributed by atoms with Crippen molar-refractivity contribution >= 4 is 5.91 Å². The monoisotopic (exact) mass is 337 g/mol. The van der Waals surface area contributed by atoms with E-state index < -0.39 is 0 Å². The lowest BCUT2D eigenvalue weighted by Gasteiger charge is -2.34. The van der Waals surface area contributed by atoms with Crippen molar-refractivity contribution in [2.75, 3.05) is 13.1 Å². The number of hydrogen-bond donors (Lipinski definition) is 1. The quantitative estimate of drug-likeness (QED) is 0.787. The first-order chi connectivity index (χ1) is 12.2. The maximum Gasteiger partial charge on any atom is 0.253 e. The fourth-order valence-corrected chi connectivity index (χ4v) is 3.37. The Morgan fingerprint density at radius 3 is 2.80 bits per heavy atom. The Hall–Kier alpha value is -3.03. The molecule has 3 aromatic rings. The molecule has 1 saturated heterocycles. The van der Waals surface area contributed by atoms with Gasteiger partial charge in [-0.25, -0.2) is 4.98 Å². The third-order valence-corrected chi connectivity index (χ3v) is 4.67. The van der Waals surface area contributed by atoms with Crippen LogP contribution in [0.2, 0.25) is 0 Å². The highest BCUT2D eigenvalue weighted by Gasteiger charge is 2.26. The lowest BCUT2D eigenvalue weighted by atomic mass is 10.0. The Morgan fingerprint density at radius 2 is 2.12 bits per heavy atom. The van der Waals surface area contributed by atoms with E-state index in [1.54, 1.807) is 0 Å². The molecule has 1 N–H and O–H groups in total. The largest absolute Gasteiger partial charge is 0.337 e. The van der Waals surface area contributed by atoms with Crippen molar-refractivity contribution in [3.05, 3.63) is 48.0 Å². The van der Waals surface area contributed by atoms with Crippen molar-refractivity contribution in [3.8, 4) is 11.4 Å². The van der Waals surface area contributed by atoms with Crippen LogP contribution < -0.4 is 0 Å². The minimum Gasteiger partial charge on any atom is -0.337 e. The number of amides is 1. The third kappa shape index (κ3) is 3.02. The fraction of sp³-hybridized carbons (Fsp3) is 0.353. The zero-order valence-corrected chi connectivity index (χ0v) is 14.0. The first-order valence-electron chi connectivity index (χ1n) is 8.35. The number of rotatable bonds is 3. The van der Waals surface area contributed by atoms with Gasteiger partial charge >= 0.3 is 0 Å². The number of carbonyl (C=O) groups is 1. The Balaban J connectivity index is 1.49. The molecule has 25 heavy (non-hydrogen) atoms. The van der Waals surface area contributed by atoms with Crippen LogP contribution >= 0.6 is 0 Å². The van der Waals surface area contributed by atoms with Gasteiger partial charge in [0.1, 0.15) is 5.82 Å². The van der Waals surface area contributed by atoms with Gasteiger partial charge in [-0.1, -0.05) is 12.1 Å². The van der Waals surface area contributed by atoms with Gasteiger partial charge in [0, 0.05) is 36.6 Å². The summed E-state index contributed by atoms with van der Waals surface area (Å²) in [5.74, 6) is 1.57. The Labute approximate surface area is 144 Å². The molecule has 1 fully saturated rings. The second kappa shape index (κ2) is 6.46. The van der Waals surface area contributed by atoms with Gasteiger partial charge in [0.05, 0.1) is 6.04 Å². The SMILES string of the molecule is Cc1nccn1C1CCCN(C(=O)c2ccc(-c3nn[nH]n3)cc2)C1. The van der Waals surface area contributed by atoms with Crippen molar-refractivity contribution in [3.63, 3.8) is 0 Å². The van der Waals surface area contributed by atoms with E-state index >= 15 is 0 Å². The zero-order valence-electron chi connectivity index (χ0n) is 14.0. The summed E-state index contributed by atoms with van der Waals surface area (Å²) in [6.45, 7) is 3.50. The number of aromatic amines is 1. The van der Waals surface area contributed by atoms with Gasteiger partial charge in [-0.3, -0.25) is 4.79 Å². The van der Waals surface area contributed by atoms with Crippen LogP contribution in [0.1, 0.15) is 35.1 Å². The second-order valence-electron chi connectivity index (χ2n) is 6.24. The van der Waals surface area contributed by atoms with E-state index in [0.717, 1.165) is 30.8 Å². The molecule has 1 amide bonds. The van der Waals surface area contributed by atoms with E-state index in [0.29, 0.717) is 24.0 Å². The molecule has 0 bridgehead atoms. The second-order valence-corrected chi connectivity index (χ2v) is 6.24. The summed E-state index contributed by atoms with van der Waals surface area (Å²) >= 11 is 0. The summed E-state index contributed by atoms with van der Waals surface area (Å²) in [5.41, 5.74) is 1.51. The summed E-state index contributed by atoms with van der Waals surface area (Å²) in [4.78, 5) is 19.1. The summed E-state index contributed by atoms with van der Waals surface area (Å²) in [6, 6.07) is 7.62. The number of carbonyl (C=O) groups excluding carboxylic acids is 1. The highest BCUT2D eigenvalue weighted by Crippen LogP contribution is 2.24. The molecule has 0 radical (unpaired) electrons. The molecule has 1 unspecified atom stereocenters. The van der Waals surface area contributed by atoms with E-state index in [1.807, 2.05) is 48.5 Å². The zero-order chi connectivity index (χ0) is 17.2. The van der Waals surface area contributed by atoms with Crippen LogP contribution in [-0.2, 0) is 0 Å². The lowest BCUT2D eigenvalue weighted by molar-refractivity contribution is 0.0678. The smallest absolute Gasteiger partial charge is 0.253 e. The number of tetrazole rings is 1. The van der Waals surface area contributed by atoms with Gasteiger partial charge in [-0.2, -0.15) is 5.21 Å². The standard InChI is InChI=1S/C17H19N7O/c1-12-18-8-10-24(12)15-3-2-9-23(11-15)17(25)14-6-4-13(5-7-14)16-19-21-22-20-16/h4-8,10,15H,2-3,9,11H2,1H3,(H,19,20,21,22). The number of aromatic nitrogens is 6. The number of H-pyrrole nitrogens is 1. The Morgan fingerprint density at radius 1 is 1.28 bits per heavy atom. The van der Waals surface area contributed by atoms with Crippen molar-refractivity contribution in [1.29, 1.82) is 0 Å². The minimum absolute atomic E-state index is 0.0575. The molecular weight excluding hydrogens is 318 g/mol. The van der Waals surface area contributed by atoms with E-state index in [9.17, 15) is 4.79 Å². The van der Waals surface area contributed by atoms with Gasteiger partial charge in [-0.05, 0) is 37.1 Å². The third-order valence-electron chi connectivity index (χ3n) is 4.67. The van der Waals surface area contributed by atoms with E-state index in [2.05, 4.69) is 30.2 Å². The number of hydrogen-bond acceptors (Lipinski definition) is 5. The lowest BCUT2D eigenvalue weighted by Crippen LogP contribution is -2.40. The molecule has 0 spiro atoms. The van der Waals surface area contributed by atoms with Gasteiger partial charge in [-0.15, -0.1) is 10.2 Å². The number of piperidine rings is 1. The van der Waals surface area contributed by atoms with Gasteiger partial charge in [0.2, 0.25) is 5.82 Å². The number of likely N-dealkylation sites (tertiary alicyclic amines) is 1. The molecule has 2 aromatic heterocycles. The Kier molecular flexibility index (Phi) is 4.01. The molecule has 0 aliphatic carbocycles. The summed E-state index contributed by atoms with van der Waals surface area (Å²) in [6.07, 6.45) is 5.87. The molecule has 8 heteroatoms. The van der Waals surface area contributed by atoms with Crippen LogP contribution in [0.5, 0.6) is 0 Å². The van der Waals surface area contributed by atoms with Crippen LogP contribution in [0, 0.1) is 6.92 Å². The van der Waals surface area contributed by atoms with Crippen molar-refractivity contribution in [2.45, 2.75) is 25.8 Å². The summed E-state index contributed by atoms with van der Waals surface area (Å²) < 4.78 is 2.17. The van der Waals surface area contributed by atoms with Crippen LogP contribution in [0.15, 0.2) is 36.7 Å². The molecular formula is C17H19N7O. The van der Waals surface area contributed by atoms with E-state index in [1.165, 1.54) is 0 Å². The highest BCUT2D eigenvalue weighted by molar-refractivity contribution is 5.94. The molecule has 0 saturated carbocycles. The minimum atomic E-state index is 0.0575. The molecule has 8 nitrogen and oxygen atoms in total. The molecule has 1 atom stereocenters. The number of nitrogens with zero attached hydrogens (tertiary/aromatic N) is 6. The first kappa shape index (κ1) is 15.5. The maximum atomic E-state index is 12.8. The molecule has 3 heterocycles. The number of benzene rings is 1. The molecule has 1 aliphatic heterocycles. The number of imidazole rings is 1. The molecule has 128 valence electrons. The first-order valence-corrected chi connectivity index (χ1v) is 8.35. The van der Waals surface area contributed by atoms with Gasteiger partial charge in [0.15, 0.2) is 0 Å². The topological polar surface area (TPSA) is 92.6 Å². The molecule has 4 rings (SSSR count). The molecule has 1 aliphatic rings. The highest BCUT2D eigenvalue weighted by atomic mass is 16.2. The van der Waals surface area contributed by atoms with E-state index in [4.69, 9.17) is 0 Å². The van der Waals surface area contributed by atoms with Crippen LogP contribution in [0.3, 0.4) is 0 Å². The average molecular weight is 337 g/mol. The van der Waals surface area contributed by atoms with Crippen molar-refractivity contribution in [1.82, 2.24) is 35.1 Å². The van der Waals surface area contributed by atoms with Crippen LogP contribution in [0.4, 0.5) is 0 Å². The van der Waals surface area contributed by atoms with E-state index in [-0.39, 0.29) is 5.91 Å². The fourth-order valence-electron chi connectivity index (χ4n) is 3.37. The predicted octanol–water partition coefficient (Wildman–Crippen LogP) is 1.85. The predicted molar refractivity (Wildman–Crippen MR) is 90.8 cm³/mol. The maximum absolute atomic E-state index is 12.8. The van der Waals surface area contributed by atoms with Crippen molar-refractivity contribution in [2.24, 2.45) is 0 Å². The number of nitrogens with one attached hydrogen (secondary N) is 1.